The number of nitrogens with one attached hydrogen (secondary N) is 2. The lowest BCUT2D eigenvalue weighted by atomic mass is 10.1. The summed E-state index contributed by atoms with van der Waals surface area (Å²) in [6.45, 7) is 0. The molecule has 2 heterocycles. The van der Waals surface area contributed by atoms with Gasteiger partial charge in [0.2, 0.25) is 5.91 Å². The predicted octanol–water partition coefficient (Wildman–Crippen LogP) is 7.83. The highest BCUT2D eigenvalue weighted by molar-refractivity contribution is 8.00. The molecule has 2 N–H and O–H groups in total. The van der Waals surface area contributed by atoms with Crippen LogP contribution in [-0.4, -0.2) is 26.6 Å². The van der Waals surface area contributed by atoms with E-state index in [4.69, 9.17) is 9.97 Å². The van der Waals surface area contributed by atoms with Crippen molar-refractivity contribution in [1.82, 2.24) is 15.0 Å². The normalized spacial score (nSPS) is 11.0. The zero-order chi connectivity index (χ0) is 26.6. The molecule has 7 heteroatoms. The minimum absolute atomic E-state index is 0.132. The molecule has 0 bridgehead atoms. The summed E-state index contributed by atoms with van der Waals surface area (Å²) in [6.07, 6.45) is 0. The van der Waals surface area contributed by atoms with E-state index in [1.54, 1.807) is 0 Å². The number of benzene rings is 4. The van der Waals surface area contributed by atoms with E-state index >= 15 is 0 Å². The van der Waals surface area contributed by atoms with E-state index in [2.05, 4.69) is 28.5 Å². The van der Waals surface area contributed by atoms with E-state index in [9.17, 15) is 9.18 Å². The van der Waals surface area contributed by atoms with Crippen molar-refractivity contribution in [2.75, 3.05) is 11.1 Å². The van der Waals surface area contributed by atoms with Crippen LogP contribution in [-0.2, 0) is 4.79 Å². The summed E-state index contributed by atoms with van der Waals surface area (Å²) in [7, 11) is 0. The number of para-hydroxylation sites is 1. The van der Waals surface area contributed by atoms with Gasteiger partial charge in [0.1, 0.15) is 16.7 Å². The molecule has 6 rings (SSSR count). The van der Waals surface area contributed by atoms with Crippen molar-refractivity contribution in [1.29, 1.82) is 0 Å². The first-order valence-electron chi connectivity index (χ1n) is 12.4. The number of carbonyl (C=O) groups excluding carboxylic acids is 1. The number of imidazole rings is 1. The lowest BCUT2D eigenvalue weighted by Crippen LogP contribution is -2.14. The molecule has 0 aliphatic rings. The maximum absolute atomic E-state index is 13.2. The molecule has 1 amide bonds. The second-order valence-corrected chi connectivity index (χ2v) is 9.88. The Hall–Kier alpha value is -4.75. The number of hydrogen-bond acceptors (Lipinski definition) is 4. The van der Waals surface area contributed by atoms with E-state index < -0.39 is 0 Å². The highest BCUT2D eigenvalue weighted by atomic mass is 32.2. The lowest BCUT2D eigenvalue weighted by molar-refractivity contribution is -0.113. The predicted molar refractivity (Wildman–Crippen MR) is 156 cm³/mol. The van der Waals surface area contributed by atoms with Crippen LogP contribution in [0.15, 0.2) is 120 Å². The molecule has 5 nitrogen and oxygen atoms in total. The molecule has 0 atom stereocenters. The number of anilines is 1. The first kappa shape index (κ1) is 24.6. The first-order valence-corrected chi connectivity index (χ1v) is 13.4. The van der Waals surface area contributed by atoms with Crippen molar-refractivity contribution in [3.05, 3.63) is 121 Å². The van der Waals surface area contributed by atoms with Gasteiger partial charge in [-0.3, -0.25) is 4.79 Å². The zero-order valence-corrected chi connectivity index (χ0v) is 21.6. The number of thioether (sulfide) groups is 1. The van der Waals surface area contributed by atoms with Gasteiger partial charge in [-0.05, 0) is 36.4 Å². The molecule has 0 radical (unpaired) electrons. The Morgan fingerprint density at radius 2 is 1.46 bits per heavy atom. The van der Waals surface area contributed by atoms with Crippen molar-refractivity contribution >= 4 is 34.3 Å². The maximum atomic E-state index is 13.2. The average molecular weight is 531 g/mol. The van der Waals surface area contributed by atoms with Crippen molar-refractivity contribution < 1.29 is 9.18 Å². The summed E-state index contributed by atoms with van der Waals surface area (Å²) in [5, 5.41) is 4.48. The quantitative estimate of drug-likeness (QED) is 0.206. The third kappa shape index (κ3) is 5.44. The summed E-state index contributed by atoms with van der Waals surface area (Å²) < 4.78 is 13.2. The third-order valence-electron chi connectivity index (χ3n) is 6.23. The molecule has 0 fully saturated rings. The highest BCUT2D eigenvalue weighted by Gasteiger charge is 2.19. The molecule has 0 aliphatic carbocycles. The molecule has 0 saturated heterocycles. The Morgan fingerprint density at radius 3 is 2.21 bits per heavy atom. The Kier molecular flexibility index (Phi) is 6.89. The van der Waals surface area contributed by atoms with Crippen LogP contribution in [0.1, 0.15) is 0 Å². The molecule has 0 aliphatic heterocycles. The van der Waals surface area contributed by atoms with Crippen LogP contribution in [0, 0.1) is 5.82 Å². The lowest BCUT2D eigenvalue weighted by Gasteiger charge is -2.09. The average Bonchev–Trinajstić information content (AvgIpc) is 3.43. The van der Waals surface area contributed by atoms with Crippen molar-refractivity contribution in [3.63, 3.8) is 0 Å². The first-order chi connectivity index (χ1) is 19.1. The Morgan fingerprint density at radius 1 is 0.795 bits per heavy atom. The van der Waals surface area contributed by atoms with Crippen LogP contribution in [0.3, 0.4) is 0 Å². The van der Waals surface area contributed by atoms with Crippen LogP contribution < -0.4 is 5.32 Å². The standard InChI is InChI=1S/C32H23FN4OS/c33-24-15-17-25(18-16-24)34-28(38)20-39-32-26(19-23-13-7-8-14-27(23)35-32)31-36-29(21-9-3-1-4-10-21)30(37-31)22-11-5-2-6-12-22/h1-19H,20H2,(H,34,38)(H,36,37). The molecule has 190 valence electrons. The fraction of sp³-hybridized carbons (Fsp3) is 0.0312. The molecule has 0 unspecified atom stereocenters. The van der Waals surface area contributed by atoms with Gasteiger partial charge in [-0.1, -0.05) is 90.6 Å². The van der Waals surface area contributed by atoms with Crippen LogP contribution >= 0.6 is 11.8 Å². The number of fused-ring (bicyclic) bond motifs is 1. The summed E-state index contributed by atoms with van der Waals surface area (Å²) in [4.78, 5) is 26.2. The summed E-state index contributed by atoms with van der Waals surface area (Å²) >= 11 is 1.34. The fourth-order valence-electron chi connectivity index (χ4n) is 4.36. The highest BCUT2D eigenvalue weighted by Crippen LogP contribution is 2.37. The number of nitrogens with zero attached hydrogens (tertiary/aromatic N) is 2. The van der Waals surface area contributed by atoms with E-state index in [-0.39, 0.29) is 17.5 Å². The number of hydrogen-bond donors (Lipinski definition) is 2. The second-order valence-electron chi connectivity index (χ2n) is 8.92. The topological polar surface area (TPSA) is 70.7 Å². The van der Waals surface area contributed by atoms with Crippen LogP contribution in [0.5, 0.6) is 0 Å². The van der Waals surface area contributed by atoms with E-state index in [1.165, 1.54) is 36.0 Å². The number of halogens is 1. The molecule has 2 aromatic heterocycles. The number of carbonyl (C=O) groups is 1. The van der Waals surface area contributed by atoms with E-state index in [1.807, 2.05) is 72.8 Å². The van der Waals surface area contributed by atoms with Gasteiger partial charge in [0, 0.05) is 22.2 Å². The molecule has 0 saturated carbocycles. The van der Waals surface area contributed by atoms with Gasteiger partial charge < -0.3 is 10.3 Å². The van der Waals surface area contributed by atoms with Crippen LogP contribution in [0.4, 0.5) is 10.1 Å². The van der Waals surface area contributed by atoms with Gasteiger partial charge in [0.25, 0.3) is 0 Å². The summed E-state index contributed by atoms with van der Waals surface area (Å²) in [5.74, 6) is 0.248. The molecule has 4 aromatic carbocycles. The minimum atomic E-state index is -0.351. The largest absolute Gasteiger partial charge is 0.337 e. The van der Waals surface area contributed by atoms with Crippen molar-refractivity contribution in [3.8, 4) is 33.9 Å². The van der Waals surface area contributed by atoms with E-state index in [0.717, 1.165) is 39.0 Å². The van der Waals surface area contributed by atoms with Gasteiger partial charge in [-0.2, -0.15) is 0 Å². The van der Waals surface area contributed by atoms with Crippen molar-refractivity contribution in [2.45, 2.75) is 5.03 Å². The second kappa shape index (κ2) is 10.9. The monoisotopic (exact) mass is 530 g/mol. The Balaban J connectivity index is 1.39. The fourth-order valence-corrected chi connectivity index (χ4v) is 5.18. The molecule has 39 heavy (non-hydrogen) atoms. The van der Waals surface area contributed by atoms with Gasteiger partial charge >= 0.3 is 0 Å². The smallest absolute Gasteiger partial charge is 0.234 e. The number of aromatic nitrogens is 3. The van der Waals surface area contributed by atoms with Gasteiger partial charge in [-0.15, -0.1) is 0 Å². The number of amides is 1. The number of rotatable bonds is 7. The number of aromatic amines is 1. The molecule has 0 spiro atoms. The van der Waals surface area contributed by atoms with Gasteiger partial charge in [0.05, 0.1) is 28.2 Å². The molecule has 6 aromatic rings. The SMILES string of the molecule is O=C(CSc1nc2ccccc2cc1-c1nc(-c2ccccc2)c(-c2ccccc2)[nH]1)Nc1ccc(F)cc1. The minimum Gasteiger partial charge on any atom is -0.337 e. The molecular formula is C32H23FN4OS. The summed E-state index contributed by atoms with van der Waals surface area (Å²) in [5.41, 5.74) is 5.97. The maximum Gasteiger partial charge on any atom is 0.234 e. The third-order valence-corrected chi connectivity index (χ3v) is 7.22. The van der Waals surface area contributed by atoms with Gasteiger partial charge in [-0.25, -0.2) is 14.4 Å². The van der Waals surface area contributed by atoms with Crippen molar-refractivity contribution in [2.24, 2.45) is 0 Å². The van der Waals surface area contributed by atoms with Gasteiger partial charge in [0.15, 0.2) is 0 Å². The Labute approximate surface area is 229 Å². The molecular weight excluding hydrogens is 507 g/mol. The zero-order valence-electron chi connectivity index (χ0n) is 20.8. The van der Waals surface area contributed by atoms with Crippen LogP contribution in [0.2, 0.25) is 0 Å². The Bertz CT molecular complexity index is 1700. The summed E-state index contributed by atoms with van der Waals surface area (Å²) in [6, 6.07) is 35.8. The number of H-pyrrole nitrogens is 1. The van der Waals surface area contributed by atoms with Crippen LogP contribution in [0.25, 0.3) is 44.8 Å². The number of pyridine rings is 1. The van der Waals surface area contributed by atoms with E-state index in [0.29, 0.717) is 16.5 Å².